The summed E-state index contributed by atoms with van der Waals surface area (Å²) in [6.07, 6.45) is 1.67. The second kappa shape index (κ2) is 6.70. The first-order chi connectivity index (χ1) is 11.6. The molecule has 124 valence electrons. The van der Waals surface area contributed by atoms with Gasteiger partial charge >= 0.3 is 6.03 Å². The van der Waals surface area contributed by atoms with Crippen LogP contribution < -0.4 is 5.32 Å². The van der Waals surface area contributed by atoms with E-state index in [2.05, 4.69) is 15.4 Å². The standard InChI is InChI=1S/C18H21N5O/c1-4-22(5-2)18(24)20-14-11-16-13(3)21-23(17(16)19-12-14)15-9-7-6-8-10-15/h6-12H,4-5H2,1-3H3,(H,20,24). The third kappa shape index (κ3) is 2.95. The Hall–Kier alpha value is -2.89. The molecule has 0 spiro atoms. The highest BCUT2D eigenvalue weighted by Crippen LogP contribution is 2.23. The first-order valence-corrected chi connectivity index (χ1v) is 8.10. The van der Waals surface area contributed by atoms with Gasteiger partial charge in [0.2, 0.25) is 0 Å². The van der Waals surface area contributed by atoms with Crippen LogP contribution in [0.2, 0.25) is 0 Å². The van der Waals surface area contributed by atoms with Crippen LogP contribution in [0.1, 0.15) is 19.5 Å². The lowest BCUT2D eigenvalue weighted by molar-refractivity contribution is 0.217. The minimum atomic E-state index is -0.116. The molecule has 0 unspecified atom stereocenters. The molecule has 3 rings (SSSR count). The number of hydrogen-bond acceptors (Lipinski definition) is 3. The highest BCUT2D eigenvalue weighted by atomic mass is 16.2. The van der Waals surface area contributed by atoms with Gasteiger partial charge in [0.15, 0.2) is 5.65 Å². The van der Waals surface area contributed by atoms with Crippen LogP contribution in [-0.2, 0) is 0 Å². The average Bonchev–Trinajstić information content (AvgIpc) is 2.93. The molecule has 0 saturated heterocycles. The first kappa shape index (κ1) is 16.0. The van der Waals surface area contributed by atoms with Gasteiger partial charge in [-0.1, -0.05) is 18.2 Å². The largest absolute Gasteiger partial charge is 0.325 e. The van der Waals surface area contributed by atoms with Crippen LogP contribution >= 0.6 is 0 Å². The topological polar surface area (TPSA) is 63.1 Å². The van der Waals surface area contributed by atoms with Gasteiger partial charge in [-0.15, -0.1) is 0 Å². The first-order valence-electron chi connectivity index (χ1n) is 8.10. The molecule has 0 aliphatic rings. The predicted molar refractivity (Wildman–Crippen MR) is 95.5 cm³/mol. The maximum Gasteiger partial charge on any atom is 0.321 e. The number of aromatic nitrogens is 3. The summed E-state index contributed by atoms with van der Waals surface area (Å²) in [7, 11) is 0. The van der Waals surface area contributed by atoms with E-state index in [9.17, 15) is 4.79 Å². The SMILES string of the molecule is CCN(CC)C(=O)Nc1cnc2c(c1)c(C)nn2-c1ccccc1. The number of amides is 2. The van der Waals surface area contributed by atoms with Crippen LogP contribution in [0.4, 0.5) is 10.5 Å². The molecule has 2 aromatic heterocycles. The van der Waals surface area contributed by atoms with Crippen LogP contribution in [0.15, 0.2) is 42.6 Å². The summed E-state index contributed by atoms with van der Waals surface area (Å²) in [6, 6.07) is 11.7. The van der Waals surface area contributed by atoms with E-state index in [1.165, 1.54) is 0 Å². The number of anilines is 1. The van der Waals surface area contributed by atoms with E-state index in [0.717, 1.165) is 22.4 Å². The Morgan fingerprint density at radius 1 is 1.21 bits per heavy atom. The van der Waals surface area contributed by atoms with Gasteiger partial charge in [-0.05, 0) is 39.0 Å². The van der Waals surface area contributed by atoms with Crippen LogP contribution in [0.5, 0.6) is 0 Å². The van der Waals surface area contributed by atoms with Crippen molar-refractivity contribution in [1.29, 1.82) is 0 Å². The number of nitrogens with zero attached hydrogens (tertiary/aromatic N) is 4. The number of carbonyl (C=O) groups is 1. The zero-order valence-electron chi connectivity index (χ0n) is 14.2. The molecule has 0 fully saturated rings. The number of rotatable bonds is 4. The lowest BCUT2D eigenvalue weighted by atomic mass is 10.2. The number of aryl methyl sites for hydroxylation is 1. The number of pyridine rings is 1. The average molecular weight is 323 g/mol. The van der Waals surface area contributed by atoms with Gasteiger partial charge in [0.1, 0.15) is 0 Å². The normalized spacial score (nSPS) is 10.8. The highest BCUT2D eigenvalue weighted by Gasteiger charge is 2.13. The fourth-order valence-electron chi connectivity index (χ4n) is 2.67. The zero-order chi connectivity index (χ0) is 17.1. The third-order valence-corrected chi connectivity index (χ3v) is 4.01. The molecule has 0 bridgehead atoms. The summed E-state index contributed by atoms with van der Waals surface area (Å²) >= 11 is 0. The van der Waals surface area contributed by atoms with Crippen molar-refractivity contribution < 1.29 is 4.79 Å². The van der Waals surface area contributed by atoms with Crippen molar-refractivity contribution in [2.75, 3.05) is 18.4 Å². The molecule has 6 heteroatoms. The molecule has 2 heterocycles. The van der Waals surface area contributed by atoms with E-state index in [-0.39, 0.29) is 6.03 Å². The van der Waals surface area contributed by atoms with Crippen LogP contribution in [0, 0.1) is 6.92 Å². The van der Waals surface area contributed by atoms with Crippen molar-refractivity contribution in [1.82, 2.24) is 19.7 Å². The number of para-hydroxylation sites is 1. The molecular formula is C18H21N5O. The molecule has 0 aliphatic heterocycles. The molecule has 0 saturated carbocycles. The smallest absolute Gasteiger partial charge is 0.321 e. The fraction of sp³-hybridized carbons (Fsp3) is 0.278. The minimum Gasteiger partial charge on any atom is -0.325 e. The maximum absolute atomic E-state index is 12.2. The van der Waals surface area contributed by atoms with Crippen molar-refractivity contribution in [3.05, 3.63) is 48.3 Å². The Labute approximate surface area is 141 Å². The molecule has 24 heavy (non-hydrogen) atoms. The van der Waals surface area contributed by atoms with Gasteiger partial charge in [0, 0.05) is 18.5 Å². The minimum absolute atomic E-state index is 0.116. The molecule has 1 N–H and O–H groups in total. The Morgan fingerprint density at radius 2 is 1.92 bits per heavy atom. The third-order valence-electron chi connectivity index (χ3n) is 4.01. The second-order valence-electron chi connectivity index (χ2n) is 5.53. The number of urea groups is 1. The fourth-order valence-corrected chi connectivity index (χ4v) is 2.67. The van der Waals surface area contributed by atoms with Gasteiger partial charge in [0.05, 0.1) is 23.3 Å². The summed E-state index contributed by atoms with van der Waals surface area (Å²) in [5.74, 6) is 0. The van der Waals surface area contributed by atoms with E-state index in [1.807, 2.05) is 61.9 Å². The maximum atomic E-state index is 12.2. The number of benzene rings is 1. The second-order valence-corrected chi connectivity index (χ2v) is 5.53. The molecule has 1 aromatic carbocycles. The molecule has 0 radical (unpaired) electrons. The summed E-state index contributed by atoms with van der Waals surface area (Å²) in [5, 5.41) is 8.41. The molecule has 0 atom stereocenters. The Morgan fingerprint density at radius 3 is 2.58 bits per heavy atom. The summed E-state index contributed by atoms with van der Waals surface area (Å²) in [5.41, 5.74) is 3.29. The number of carbonyl (C=O) groups excluding carboxylic acids is 1. The van der Waals surface area contributed by atoms with E-state index in [0.29, 0.717) is 18.8 Å². The van der Waals surface area contributed by atoms with E-state index in [1.54, 1.807) is 11.1 Å². The van der Waals surface area contributed by atoms with Gasteiger partial charge in [-0.25, -0.2) is 14.5 Å². The predicted octanol–water partition coefficient (Wildman–Crippen LogP) is 3.60. The Balaban J connectivity index is 1.95. The zero-order valence-corrected chi connectivity index (χ0v) is 14.2. The van der Waals surface area contributed by atoms with Gasteiger partial charge < -0.3 is 10.2 Å². The van der Waals surface area contributed by atoms with Gasteiger partial charge in [-0.3, -0.25) is 0 Å². The molecule has 6 nitrogen and oxygen atoms in total. The van der Waals surface area contributed by atoms with E-state index >= 15 is 0 Å². The number of fused-ring (bicyclic) bond motifs is 1. The quantitative estimate of drug-likeness (QED) is 0.798. The van der Waals surface area contributed by atoms with Gasteiger partial charge in [-0.2, -0.15) is 5.10 Å². The molecular weight excluding hydrogens is 302 g/mol. The van der Waals surface area contributed by atoms with Crippen LogP contribution in [0.3, 0.4) is 0 Å². The summed E-state index contributed by atoms with van der Waals surface area (Å²) in [4.78, 5) is 18.4. The van der Waals surface area contributed by atoms with E-state index in [4.69, 9.17) is 0 Å². The van der Waals surface area contributed by atoms with Crippen molar-refractivity contribution in [2.24, 2.45) is 0 Å². The molecule has 3 aromatic rings. The van der Waals surface area contributed by atoms with Crippen molar-refractivity contribution in [2.45, 2.75) is 20.8 Å². The monoisotopic (exact) mass is 323 g/mol. The Kier molecular flexibility index (Phi) is 4.46. The lowest BCUT2D eigenvalue weighted by Gasteiger charge is -2.19. The van der Waals surface area contributed by atoms with Crippen molar-refractivity contribution >= 4 is 22.8 Å². The molecule has 2 amide bonds. The summed E-state index contributed by atoms with van der Waals surface area (Å²) in [6.45, 7) is 7.20. The van der Waals surface area contributed by atoms with Gasteiger partial charge in [0.25, 0.3) is 0 Å². The molecule has 0 aliphatic carbocycles. The summed E-state index contributed by atoms with van der Waals surface area (Å²) < 4.78 is 1.82. The van der Waals surface area contributed by atoms with Crippen LogP contribution in [-0.4, -0.2) is 38.8 Å². The van der Waals surface area contributed by atoms with Crippen molar-refractivity contribution in [3.63, 3.8) is 0 Å². The highest BCUT2D eigenvalue weighted by molar-refractivity contribution is 5.92. The number of hydrogen-bond donors (Lipinski definition) is 1. The van der Waals surface area contributed by atoms with Crippen LogP contribution in [0.25, 0.3) is 16.7 Å². The lowest BCUT2D eigenvalue weighted by Crippen LogP contribution is -2.34. The number of nitrogens with one attached hydrogen (secondary N) is 1. The van der Waals surface area contributed by atoms with E-state index < -0.39 is 0 Å². The Bertz CT molecular complexity index is 852. The van der Waals surface area contributed by atoms with Crippen molar-refractivity contribution in [3.8, 4) is 5.69 Å².